The number of fused-ring (bicyclic) bond motifs is 1. The Kier molecular flexibility index (Phi) is 4.59. The summed E-state index contributed by atoms with van der Waals surface area (Å²) in [4.78, 5) is 0. The van der Waals surface area contributed by atoms with Gasteiger partial charge in [-0.25, -0.2) is 0 Å². The van der Waals surface area contributed by atoms with Crippen molar-refractivity contribution in [2.24, 2.45) is 17.6 Å². The van der Waals surface area contributed by atoms with E-state index in [-0.39, 0.29) is 12.1 Å². The zero-order chi connectivity index (χ0) is 15.7. The van der Waals surface area contributed by atoms with Crippen LogP contribution in [0.4, 0.5) is 0 Å². The Bertz CT molecular complexity index is 523. The third-order valence-corrected chi connectivity index (χ3v) is 5.58. The van der Waals surface area contributed by atoms with Crippen molar-refractivity contribution in [1.82, 2.24) is 0 Å². The van der Waals surface area contributed by atoms with Gasteiger partial charge in [0.05, 0.1) is 20.3 Å². The van der Waals surface area contributed by atoms with Crippen molar-refractivity contribution in [2.75, 3.05) is 14.2 Å². The van der Waals surface area contributed by atoms with Gasteiger partial charge in [-0.05, 0) is 62.0 Å². The molecule has 0 saturated heterocycles. The topological polar surface area (TPSA) is 64.7 Å². The van der Waals surface area contributed by atoms with E-state index in [1.54, 1.807) is 14.2 Å². The average molecular weight is 305 g/mol. The molecule has 1 saturated carbocycles. The lowest BCUT2D eigenvalue weighted by molar-refractivity contribution is 0.0811. The second-order valence-electron chi connectivity index (χ2n) is 6.67. The summed E-state index contributed by atoms with van der Waals surface area (Å²) in [6.07, 6.45) is 6.03. The summed E-state index contributed by atoms with van der Waals surface area (Å²) < 4.78 is 11.0. The van der Waals surface area contributed by atoms with Crippen LogP contribution in [0.25, 0.3) is 0 Å². The smallest absolute Gasteiger partial charge is 0.164 e. The van der Waals surface area contributed by atoms with Crippen molar-refractivity contribution in [2.45, 2.75) is 50.7 Å². The summed E-state index contributed by atoms with van der Waals surface area (Å²) in [5.74, 6) is 2.78. The third kappa shape index (κ3) is 2.70. The number of aliphatic hydroxyl groups excluding tert-OH is 1. The zero-order valence-corrected chi connectivity index (χ0v) is 13.5. The number of benzene rings is 1. The summed E-state index contributed by atoms with van der Waals surface area (Å²) in [5, 5.41) is 9.71. The lowest BCUT2D eigenvalue weighted by atomic mass is 9.69. The first-order valence-corrected chi connectivity index (χ1v) is 8.33. The highest BCUT2D eigenvalue weighted by molar-refractivity contribution is 5.53. The van der Waals surface area contributed by atoms with Crippen LogP contribution in [-0.2, 0) is 6.42 Å². The molecule has 1 aromatic carbocycles. The first kappa shape index (κ1) is 15.6. The number of aliphatic hydroxyl groups is 1. The fourth-order valence-corrected chi connectivity index (χ4v) is 4.36. The van der Waals surface area contributed by atoms with Gasteiger partial charge < -0.3 is 20.3 Å². The predicted octanol–water partition coefficient (Wildman–Crippen LogP) is 2.82. The van der Waals surface area contributed by atoms with Crippen LogP contribution in [0.2, 0.25) is 0 Å². The first-order valence-electron chi connectivity index (χ1n) is 8.33. The van der Waals surface area contributed by atoms with Gasteiger partial charge in [0, 0.05) is 11.6 Å². The van der Waals surface area contributed by atoms with Gasteiger partial charge in [0.2, 0.25) is 0 Å². The molecule has 0 amide bonds. The zero-order valence-electron chi connectivity index (χ0n) is 13.5. The van der Waals surface area contributed by atoms with Crippen LogP contribution in [0.1, 0.15) is 49.3 Å². The Labute approximate surface area is 132 Å². The van der Waals surface area contributed by atoms with Crippen molar-refractivity contribution < 1.29 is 14.6 Å². The molecule has 4 heteroatoms. The highest BCUT2D eigenvalue weighted by Crippen LogP contribution is 2.46. The van der Waals surface area contributed by atoms with E-state index < -0.39 is 0 Å². The molecule has 1 aromatic rings. The van der Waals surface area contributed by atoms with Gasteiger partial charge in [-0.1, -0.05) is 6.07 Å². The molecule has 2 atom stereocenters. The van der Waals surface area contributed by atoms with Crippen LogP contribution in [0, 0.1) is 11.8 Å². The van der Waals surface area contributed by atoms with E-state index in [0.29, 0.717) is 11.8 Å². The highest BCUT2D eigenvalue weighted by Gasteiger charge is 2.36. The fourth-order valence-electron chi connectivity index (χ4n) is 4.36. The van der Waals surface area contributed by atoms with E-state index >= 15 is 0 Å². The monoisotopic (exact) mass is 305 g/mol. The van der Waals surface area contributed by atoms with Crippen LogP contribution in [0.15, 0.2) is 12.1 Å². The van der Waals surface area contributed by atoms with Crippen molar-refractivity contribution in [3.8, 4) is 11.5 Å². The minimum Gasteiger partial charge on any atom is -0.493 e. The predicted molar refractivity (Wildman–Crippen MR) is 86.3 cm³/mol. The first-order chi connectivity index (χ1) is 10.7. The molecule has 3 rings (SSSR count). The van der Waals surface area contributed by atoms with Crippen LogP contribution in [-0.4, -0.2) is 25.4 Å². The van der Waals surface area contributed by atoms with Crippen molar-refractivity contribution >= 4 is 0 Å². The molecule has 122 valence electrons. The van der Waals surface area contributed by atoms with Gasteiger partial charge in [-0.3, -0.25) is 0 Å². The second-order valence-corrected chi connectivity index (χ2v) is 6.67. The summed E-state index contributed by atoms with van der Waals surface area (Å²) in [6, 6.07) is 4.12. The molecule has 0 aromatic heterocycles. The number of nitrogens with two attached hydrogens (primary N) is 1. The van der Waals surface area contributed by atoms with Crippen molar-refractivity contribution in [3.63, 3.8) is 0 Å². The van der Waals surface area contributed by atoms with Crippen molar-refractivity contribution in [1.29, 1.82) is 0 Å². The quantitative estimate of drug-likeness (QED) is 0.901. The number of rotatable bonds is 3. The van der Waals surface area contributed by atoms with Crippen LogP contribution >= 0.6 is 0 Å². The summed E-state index contributed by atoms with van der Waals surface area (Å²) in [5.41, 5.74) is 9.03. The summed E-state index contributed by atoms with van der Waals surface area (Å²) in [7, 11) is 3.36. The minimum atomic E-state index is -0.104. The van der Waals surface area contributed by atoms with Crippen LogP contribution in [0.3, 0.4) is 0 Å². The van der Waals surface area contributed by atoms with E-state index in [1.807, 2.05) is 6.07 Å². The van der Waals surface area contributed by atoms with Gasteiger partial charge in [0.1, 0.15) is 0 Å². The SMILES string of the molecule is COc1ccc2c(c1OC)CCC(C1CCC(O)CC1)C2N. The number of hydrogen-bond donors (Lipinski definition) is 2. The number of ether oxygens (including phenoxy) is 2. The Morgan fingerprint density at radius 1 is 1.05 bits per heavy atom. The maximum absolute atomic E-state index is 9.71. The Hall–Kier alpha value is -1.26. The van der Waals surface area contributed by atoms with Gasteiger partial charge >= 0.3 is 0 Å². The van der Waals surface area contributed by atoms with E-state index in [9.17, 15) is 5.11 Å². The molecule has 2 unspecified atom stereocenters. The molecule has 0 aliphatic heterocycles. The molecule has 3 N–H and O–H groups in total. The van der Waals surface area contributed by atoms with Crippen LogP contribution < -0.4 is 15.2 Å². The molecular formula is C18H27NO3. The third-order valence-electron chi connectivity index (χ3n) is 5.58. The molecule has 1 fully saturated rings. The second kappa shape index (κ2) is 6.47. The van der Waals surface area contributed by atoms with Gasteiger partial charge in [-0.2, -0.15) is 0 Å². The maximum atomic E-state index is 9.71. The summed E-state index contributed by atoms with van der Waals surface area (Å²) in [6.45, 7) is 0. The molecule has 4 nitrogen and oxygen atoms in total. The van der Waals surface area contributed by atoms with E-state index in [1.165, 1.54) is 11.1 Å². The standard InChI is InChI=1S/C18H27NO3/c1-21-16-10-9-14-15(18(16)22-2)8-7-13(17(14)19)11-3-5-12(20)6-4-11/h9-13,17,20H,3-8,19H2,1-2H3. The molecule has 0 bridgehead atoms. The van der Waals surface area contributed by atoms with E-state index in [2.05, 4.69) is 6.07 Å². The minimum absolute atomic E-state index is 0.0591. The molecule has 0 heterocycles. The summed E-state index contributed by atoms with van der Waals surface area (Å²) >= 11 is 0. The largest absolute Gasteiger partial charge is 0.493 e. The number of hydrogen-bond acceptors (Lipinski definition) is 4. The Morgan fingerprint density at radius 2 is 1.77 bits per heavy atom. The lowest BCUT2D eigenvalue weighted by Crippen LogP contribution is -2.35. The van der Waals surface area contributed by atoms with Crippen molar-refractivity contribution in [3.05, 3.63) is 23.3 Å². The highest BCUT2D eigenvalue weighted by atomic mass is 16.5. The molecule has 0 spiro atoms. The van der Waals surface area contributed by atoms with Crippen LogP contribution in [0.5, 0.6) is 11.5 Å². The molecule has 22 heavy (non-hydrogen) atoms. The number of methoxy groups -OCH3 is 2. The van der Waals surface area contributed by atoms with E-state index in [0.717, 1.165) is 50.0 Å². The molecule has 0 radical (unpaired) electrons. The lowest BCUT2D eigenvalue weighted by Gasteiger charge is -2.39. The normalized spacial score (nSPS) is 31.5. The molecular weight excluding hydrogens is 278 g/mol. The van der Waals surface area contributed by atoms with Gasteiger partial charge in [0.25, 0.3) is 0 Å². The van der Waals surface area contributed by atoms with Gasteiger partial charge in [0.15, 0.2) is 11.5 Å². The Balaban J connectivity index is 1.85. The molecule has 2 aliphatic rings. The average Bonchev–Trinajstić information content (AvgIpc) is 2.55. The maximum Gasteiger partial charge on any atom is 0.164 e. The molecule has 2 aliphatic carbocycles. The van der Waals surface area contributed by atoms with Gasteiger partial charge in [-0.15, -0.1) is 0 Å². The van der Waals surface area contributed by atoms with E-state index in [4.69, 9.17) is 15.2 Å². The fraction of sp³-hybridized carbons (Fsp3) is 0.667. The Morgan fingerprint density at radius 3 is 2.41 bits per heavy atom.